The monoisotopic (exact) mass is 316 g/mol. The standard InChI is InChI=1S/C16H28O6/c1-2-3-4-5-6-7-8-9-10-21-15-13(19)14(12(18)11-17)22-16(15)20/h12,14,17-19H,2-11H2,1H3. The average molecular weight is 316 g/mol. The lowest BCUT2D eigenvalue weighted by Crippen LogP contribution is -2.31. The number of unbranched alkanes of at least 4 members (excludes halogenated alkanes) is 7. The van der Waals surface area contributed by atoms with E-state index >= 15 is 0 Å². The zero-order valence-corrected chi connectivity index (χ0v) is 13.3. The van der Waals surface area contributed by atoms with Crippen molar-refractivity contribution < 1.29 is 29.6 Å². The van der Waals surface area contributed by atoms with E-state index in [0.29, 0.717) is 6.61 Å². The molecule has 1 aliphatic rings. The molecule has 2 atom stereocenters. The first kappa shape index (κ1) is 18.8. The molecule has 0 radical (unpaired) electrons. The molecule has 3 N–H and O–H groups in total. The van der Waals surface area contributed by atoms with E-state index in [9.17, 15) is 15.0 Å². The minimum atomic E-state index is -1.34. The highest BCUT2D eigenvalue weighted by atomic mass is 16.6. The molecule has 1 heterocycles. The van der Waals surface area contributed by atoms with Crippen molar-refractivity contribution in [3.05, 3.63) is 11.5 Å². The Kier molecular flexibility index (Phi) is 8.92. The number of ether oxygens (including phenoxy) is 2. The van der Waals surface area contributed by atoms with E-state index in [4.69, 9.17) is 14.6 Å². The van der Waals surface area contributed by atoms with Crippen LogP contribution in [0.5, 0.6) is 0 Å². The van der Waals surface area contributed by atoms with E-state index in [1.165, 1.54) is 32.1 Å². The molecule has 0 saturated heterocycles. The number of esters is 1. The molecular weight excluding hydrogens is 288 g/mol. The Hall–Kier alpha value is -1.27. The van der Waals surface area contributed by atoms with E-state index in [0.717, 1.165) is 19.3 Å². The zero-order chi connectivity index (χ0) is 16.4. The van der Waals surface area contributed by atoms with Gasteiger partial charge in [-0.05, 0) is 6.42 Å². The minimum absolute atomic E-state index is 0.250. The van der Waals surface area contributed by atoms with Gasteiger partial charge in [0, 0.05) is 0 Å². The highest BCUT2D eigenvalue weighted by Gasteiger charge is 2.40. The molecule has 1 rings (SSSR count). The van der Waals surface area contributed by atoms with Crippen LogP contribution in [0.25, 0.3) is 0 Å². The van der Waals surface area contributed by atoms with Gasteiger partial charge in [0.1, 0.15) is 6.10 Å². The largest absolute Gasteiger partial charge is 0.505 e. The number of aliphatic hydroxyl groups excluding tert-OH is 3. The van der Waals surface area contributed by atoms with Crippen LogP contribution in [0, 0.1) is 0 Å². The van der Waals surface area contributed by atoms with Gasteiger partial charge < -0.3 is 24.8 Å². The van der Waals surface area contributed by atoms with Crippen molar-refractivity contribution in [1.82, 2.24) is 0 Å². The third-order valence-electron chi connectivity index (χ3n) is 3.70. The van der Waals surface area contributed by atoms with E-state index in [1.54, 1.807) is 0 Å². The summed E-state index contributed by atoms with van der Waals surface area (Å²) in [6.07, 6.45) is 6.66. The molecule has 128 valence electrons. The van der Waals surface area contributed by atoms with Gasteiger partial charge in [-0.3, -0.25) is 0 Å². The molecule has 1 aliphatic heterocycles. The molecule has 22 heavy (non-hydrogen) atoms. The van der Waals surface area contributed by atoms with Crippen molar-refractivity contribution in [2.45, 2.75) is 70.5 Å². The second-order valence-electron chi connectivity index (χ2n) is 5.61. The van der Waals surface area contributed by atoms with Gasteiger partial charge in [-0.1, -0.05) is 51.9 Å². The van der Waals surface area contributed by atoms with Gasteiger partial charge in [0.05, 0.1) is 13.2 Å². The highest BCUT2D eigenvalue weighted by Crippen LogP contribution is 2.24. The molecular formula is C16H28O6. The first-order valence-electron chi connectivity index (χ1n) is 8.17. The van der Waals surface area contributed by atoms with Crippen LogP contribution < -0.4 is 0 Å². The Morgan fingerprint density at radius 1 is 1.14 bits per heavy atom. The number of hydrogen-bond donors (Lipinski definition) is 3. The first-order valence-corrected chi connectivity index (χ1v) is 8.17. The lowest BCUT2D eigenvalue weighted by atomic mass is 10.1. The molecule has 0 amide bonds. The summed E-state index contributed by atoms with van der Waals surface area (Å²) < 4.78 is 10.0. The number of hydrogen-bond acceptors (Lipinski definition) is 6. The van der Waals surface area contributed by atoms with Crippen LogP contribution in [0.3, 0.4) is 0 Å². The van der Waals surface area contributed by atoms with E-state index in [1.807, 2.05) is 0 Å². The molecule has 6 heteroatoms. The fourth-order valence-corrected chi connectivity index (χ4v) is 2.36. The van der Waals surface area contributed by atoms with Crippen LogP contribution >= 0.6 is 0 Å². The number of cyclic esters (lactones) is 1. The van der Waals surface area contributed by atoms with Gasteiger partial charge in [0.15, 0.2) is 11.9 Å². The number of carbonyl (C=O) groups excluding carboxylic acids is 1. The van der Waals surface area contributed by atoms with E-state index in [2.05, 4.69) is 6.92 Å². The van der Waals surface area contributed by atoms with E-state index < -0.39 is 30.5 Å². The fraction of sp³-hybridized carbons (Fsp3) is 0.812. The summed E-state index contributed by atoms with van der Waals surface area (Å²) in [4.78, 5) is 11.5. The maximum atomic E-state index is 11.5. The summed E-state index contributed by atoms with van der Waals surface area (Å²) in [7, 11) is 0. The van der Waals surface area contributed by atoms with Gasteiger partial charge in [0.2, 0.25) is 5.76 Å². The zero-order valence-electron chi connectivity index (χ0n) is 13.3. The smallest absolute Gasteiger partial charge is 0.378 e. The Balaban J connectivity index is 2.18. The summed E-state index contributed by atoms with van der Waals surface area (Å²) in [5, 5.41) is 28.0. The molecule has 0 aromatic heterocycles. The number of aliphatic hydroxyl groups is 3. The lowest BCUT2D eigenvalue weighted by Gasteiger charge is -2.13. The summed E-state index contributed by atoms with van der Waals surface area (Å²) in [6, 6.07) is 0. The van der Waals surface area contributed by atoms with Crippen molar-refractivity contribution in [1.29, 1.82) is 0 Å². The van der Waals surface area contributed by atoms with Crippen molar-refractivity contribution >= 4 is 5.97 Å². The second-order valence-corrected chi connectivity index (χ2v) is 5.61. The molecule has 0 aromatic rings. The Morgan fingerprint density at radius 3 is 2.32 bits per heavy atom. The molecule has 0 spiro atoms. The molecule has 0 bridgehead atoms. The van der Waals surface area contributed by atoms with E-state index in [-0.39, 0.29) is 5.76 Å². The molecule has 6 nitrogen and oxygen atoms in total. The van der Waals surface area contributed by atoms with Crippen molar-refractivity contribution in [2.24, 2.45) is 0 Å². The van der Waals surface area contributed by atoms with Crippen molar-refractivity contribution in [3.63, 3.8) is 0 Å². The van der Waals surface area contributed by atoms with Gasteiger partial charge in [-0.15, -0.1) is 0 Å². The van der Waals surface area contributed by atoms with Gasteiger partial charge >= 0.3 is 5.97 Å². The van der Waals surface area contributed by atoms with Crippen LogP contribution in [0.2, 0.25) is 0 Å². The first-order chi connectivity index (χ1) is 10.6. The summed E-state index contributed by atoms with van der Waals surface area (Å²) in [5.41, 5.74) is 0. The van der Waals surface area contributed by atoms with Crippen molar-refractivity contribution in [3.8, 4) is 0 Å². The van der Waals surface area contributed by atoms with Crippen LogP contribution in [0.1, 0.15) is 58.3 Å². The quantitative estimate of drug-likeness (QED) is 0.377. The van der Waals surface area contributed by atoms with Gasteiger partial charge in [-0.2, -0.15) is 0 Å². The summed E-state index contributed by atoms with van der Waals surface area (Å²) in [6.45, 7) is 1.91. The Labute approximate surface area is 131 Å². The lowest BCUT2D eigenvalue weighted by molar-refractivity contribution is -0.148. The third-order valence-corrected chi connectivity index (χ3v) is 3.70. The molecule has 0 fully saturated rings. The maximum absolute atomic E-state index is 11.5. The molecule has 0 saturated carbocycles. The van der Waals surface area contributed by atoms with Crippen LogP contribution in [0.4, 0.5) is 0 Å². The Bertz CT molecular complexity index is 366. The average Bonchev–Trinajstić information content (AvgIpc) is 2.80. The number of rotatable bonds is 12. The fourth-order valence-electron chi connectivity index (χ4n) is 2.36. The Morgan fingerprint density at radius 2 is 1.73 bits per heavy atom. The van der Waals surface area contributed by atoms with Crippen LogP contribution in [-0.2, 0) is 14.3 Å². The van der Waals surface area contributed by atoms with Gasteiger partial charge in [0.25, 0.3) is 0 Å². The summed E-state index contributed by atoms with van der Waals surface area (Å²) in [5.74, 6) is -1.49. The van der Waals surface area contributed by atoms with Crippen LogP contribution in [0.15, 0.2) is 11.5 Å². The molecule has 0 aliphatic carbocycles. The predicted octanol–water partition coefficient (Wildman–Crippen LogP) is 2.19. The summed E-state index contributed by atoms with van der Waals surface area (Å²) >= 11 is 0. The SMILES string of the molecule is CCCCCCCCCCOC1=C(O)C(C(O)CO)OC1=O. The third kappa shape index (κ3) is 5.85. The topological polar surface area (TPSA) is 96.2 Å². The maximum Gasteiger partial charge on any atom is 0.378 e. The highest BCUT2D eigenvalue weighted by molar-refractivity contribution is 5.89. The predicted molar refractivity (Wildman–Crippen MR) is 81.2 cm³/mol. The molecule has 2 unspecified atom stereocenters. The minimum Gasteiger partial charge on any atom is -0.505 e. The number of carbonyl (C=O) groups is 1. The van der Waals surface area contributed by atoms with Gasteiger partial charge in [-0.25, -0.2) is 4.79 Å². The normalized spacial score (nSPS) is 19.4. The van der Waals surface area contributed by atoms with Crippen molar-refractivity contribution in [2.75, 3.05) is 13.2 Å². The molecule has 0 aromatic carbocycles. The van der Waals surface area contributed by atoms with Crippen LogP contribution in [-0.4, -0.2) is 46.7 Å². The second kappa shape index (κ2) is 10.5.